The fourth-order valence-corrected chi connectivity index (χ4v) is 3.39. The summed E-state index contributed by atoms with van der Waals surface area (Å²) in [6.07, 6.45) is 5.35. The van der Waals surface area contributed by atoms with Crippen LogP contribution in [0, 0.1) is 0 Å². The first-order valence-electron chi connectivity index (χ1n) is 6.75. The first-order valence-corrected chi connectivity index (χ1v) is 7.74. The molecule has 1 N–H and O–H groups in total. The van der Waals surface area contributed by atoms with Crippen molar-refractivity contribution < 1.29 is 4.74 Å². The molecule has 0 spiro atoms. The largest absolute Gasteiger partial charge is 0.486 e. The zero-order valence-corrected chi connectivity index (χ0v) is 12.1. The van der Waals surface area contributed by atoms with Gasteiger partial charge in [-0.25, -0.2) is 9.97 Å². The second kappa shape index (κ2) is 6.24. The van der Waals surface area contributed by atoms with E-state index in [-0.39, 0.29) is 12.1 Å². The molecule has 3 rings (SSSR count). The highest BCUT2D eigenvalue weighted by Gasteiger charge is 2.29. The molecule has 2 atom stereocenters. The van der Waals surface area contributed by atoms with Gasteiger partial charge in [0.2, 0.25) is 0 Å². The van der Waals surface area contributed by atoms with Gasteiger partial charge >= 0.3 is 0 Å². The summed E-state index contributed by atoms with van der Waals surface area (Å²) >= 11 is 1.84. The topological polar surface area (TPSA) is 47.0 Å². The van der Waals surface area contributed by atoms with Gasteiger partial charge in [-0.1, -0.05) is 19.1 Å². The van der Waals surface area contributed by atoms with Crippen LogP contribution in [0.1, 0.15) is 18.5 Å². The van der Waals surface area contributed by atoms with Crippen molar-refractivity contribution in [1.29, 1.82) is 0 Å². The molecule has 1 aliphatic heterocycles. The smallest absolute Gasteiger partial charge is 0.133 e. The molecule has 0 amide bonds. The van der Waals surface area contributed by atoms with Crippen LogP contribution < -0.4 is 10.1 Å². The molecule has 0 saturated heterocycles. The van der Waals surface area contributed by atoms with Crippen LogP contribution in [0.5, 0.6) is 5.75 Å². The van der Waals surface area contributed by atoms with Gasteiger partial charge in [0.25, 0.3) is 0 Å². The lowest BCUT2D eigenvalue weighted by Crippen LogP contribution is -2.39. The van der Waals surface area contributed by atoms with Gasteiger partial charge in [-0.05, 0) is 18.7 Å². The fourth-order valence-electron chi connectivity index (χ4n) is 2.36. The molecule has 0 radical (unpaired) electrons. The Bertz CT molecular complexity index is 564. The highest BCUT2D eigenvalue weighted by molar-refractivity contribution is 7.99. The Balaban J connectivity index is 1.83. The number of nitrogens with zero attached hydrogens (tertiary/aromatic N) is 2. The maximum absolute atomic E-state index is 6.16. The number of benzene rings is 1. The average molecular weight is 287 g/mol. The molecular formula is C15H17N3OS. The average Bonchev–Trinajstić information content (AvgIpc) is 2.53. The summed E-state index contributed by atoms with van der Waals surface area (Å²) in [7, 11) is 0. The van der Waals surface area contributed by atoms with Crippen molar-refractivity contribution in [1.82, 2.24) is 15.3 Å². The number of thioether (sulfide) groups is 1. The SMILES string of the molecule is CCNC(c1cncnc1)C1CSc2ccccc2O1. The first kappa shape index (κ1) is 13.4. The van der Waals surface area contributed by atoms with E-state index in [0.29, 0.717) is 0 Å². The minimum absolute atomic E-state index is 0.0841. The van der Waals surface area contributed by atoms with E-state index in [9.17, 15) is 0 Å². The van der Waals surface area contributed by atoms with Crippen LogP contribution in [0.3, 0.4) is 0 Å². The summed E-state index contributed by atoms with van der Waals surface area (Å²) in [6, 6.07) is 8.29. The number of para-hydroxylation sites is 1. The molecule has 104 valence electrons. The number of hydrogen-bond acceptors (Lipinski definition) is 5. The molecule has 20 heavy (non-hydrogen) atoms. The van der Waals surface area contributed by atoms with Crippen LogP contribution >= 0.6 is 11.8 Å². The van der Waals surface area contributed by atoms with Gasteiger partial charge < -0.3 is 10.1 Å². The molecule has 0 aliphatic carbocycles. The van der Waals surface area contributed by atoms with E-state index in [4.69, 9.17) is 4.74 Å². The molecule has 2 aromatic rings. The first-order chi connectivity index (χ1) is 9.88. The fraction of sp³-hybridized carbons (Fsp3) is 0.333. The number of hydrogen-bond donors (Lipinski definition) is 1. The van der Waals surface area contributed by atoms with Gasteiger partial charge in [-0.2, -0.15) is 0 Å². The Labute approximate surface area is 123 Å². The summed E-state index contributed by atoms with van der Waals surface area (Å²) in [6.45, 7) is 2.98. The van der Waals surface area contributed by atoms with Crippen molar-refractivity contribution in [3.05, 3.63) is 48.5 Å². The van der Waals surface area contributed by atoms with E-state index in [1.807, 2.05) is 42.4 Å². The lowest BCUT2D eigenvalue weighted by atomic mass is 10.1. The van der Waals surface area contributed by atoms with E-state index in [1.165, 1.54) is 4.90 Å². The molecule has 1 aromatic heterocycles. The molecule has 1 aromatic carbocycles. The zero-order chi connectivity index (χ0) is 13.8. The number of nitrogens with one attached hydrogen (secondary N) is 1. The van der Waals surface area contributed by atoms with E-state index in [2.05, 4.69) is 28.3 Å². The Morgan fingerprint density at radius 2 is 2.15 bits per heavy atom. The number of ether oxygens (including phenoxy) is 1. The van der Waals surface area contributed by atoms with E-state index < -0.39 is 0 Å². The molecule has 2 unspecified atom stereocenters. The molecule has 5 heteroatoms. The van der Waals surface area contributed by atoms with Crippen LogP contribution in [0.25, 0.3) is 0 Å². The second-order valence-corrected chi connectivity index (χ2v) is 5.68. The predicted molar refractivity (Wildman–Crippen MR) is 80.0 cm³/mol. The lowest BCUT2D eigenvalue weighted by Gasteiger charge is -2.32. The second-order valence-electron chi connectivity index (χ2n) is 4.62. The summed E-state index contributed by atoms with van der Waals surface area (Å²) in [5.74, 6) is 1.89. The van der Waals surface area contributed by atoms with Crippen LogP contribution in [-0.4, -0.2) is 28.4 Å². The van der Waals surface area contributed by atoms with Crippen molar-refractivity contribution in [2.45, 2.75) is 24.0 Å². The highest BCUT2D eigenvalue weighted by Crippen LogP contribution is 2.38. The maximum atomic E-state index is 6.16. The highest BCUT2D eigenvalue weighted by atomic mass is 32.2. The van der Waals surface area contributed by atoms with Gasteiger partial charge in [0.15, 0.2) is 0 Å². The van der Waals surface area contributed by atoms with Crippen LogP contribution in [0.2, 0.25) is 0 Å². The molecule has 0 fully saturated rings. The van der Waals surface area contributed by atoms with Crippen molar-refractivity contribution in [2.24, 2.45) is 0 Å². The summed E-state index contributed by atoms with van der Waals surface area (Å²) in [5.41, 5.74) is 1.07. The van der Waals surface area contributed by atoms with Crippen LogP contribution in [0.15, 0.2) is 47.9 Å². The standard InChI is InChI=1S/C15H17N3OS/c1-2-18-15(11-7-16-10-17-8-11)13-9-20-14-6-4-3-5-12(14)19-13/h3-8,10,13,15,18H,2,9H2,1H3. The molecule has 1 aliphatic rings. The Morgan fingerprint density at radius 1 is 1.35 bits per heavy atom. The number of rotatable bonds is 4. The van der Waals surface area contributed by atoms with Gasteiger partial charge in [-0.15, -0.1) is 11.8 Å². The molecule has 2 heterocycles. The Morgan fingerprint density at radius 3 is 2.95 bits per heavy atom. The van der Waals surface area contributed by atoms with Crippen molar-refractivity contribution >= 4 is 11.8 Å². The van der Waals surface area contributed by atoms with E-state index >= 15 is 0 Å². The minimum atomic E-state index is 0.0841. The van der Waals surface area contributed by atoms with Gasteiger partial charge in [0.1, 0.15) is 18.2 Å². The van der Waals surface area contributed by atoms with Crippen LogP contribution in [0.4, 0.5) is 0 Å². The van der Waals surface area contributed by atoms with Crippen molar-refractivity contribution in [2.75, 3.05) is 12.3 Å². The van der Waals surface area contributed by atoms with Crippen LogP contribution in [-0.2, 0) is 0 Å². The van der Waals surface area contributed by atoms with E-state index in [1.54, 1.807) is 6.33 Å². The maximum Gasteiger partial charge on any atom is 0.133 e. The third-order valence-electron chi connectivity index (χ3n) is 3.27. The quantitative estimate of drug-likeness (QED) is 0.937. The Hall–Kier alpha value is -1.59. The Kier molecular flexibility index (Phi) is 4.18. The third-order valence-corrected chi connectivity index (χ3v) is 4.41. The molecular weight excluding hydrogens is 270 g/mol. The molecule has 0 saturated carbocycles. The van der Waals surface area contributed by atoms with Gasteiger partial charge in [0.05, 0.1) is 6.04 Å². The number of aromatic nitrogens is 2. The monoisotopic (exact) mass is 287 g/mol. The number of fused-ring (bicyclic) bond motifs is 1. The number of likely N-dealkylation sites (N-methyl/N-ethyl adjacent to an activating group) is 1. The zero-order valence-electron chi connectivity index (χ0n) is 11.3. The lowest BCUT2D eigenvalue weighted by molar-refractivity contribution is 0.167. The summed E-state index contributed by atoms with van der Waals surface area (Å²) < 4.78 is 6.16. The van der Waals surface area contributed by atoms with Gasteiger partial charge in [0, 0.05) is 28.6 Å². The predicted octanol–water partition coefficient (Wildman–Crippen LogP) is 2.68. The van der Waals surface area contributed by atoms with E-state index in [0.717, 1.165) is 23.6 Å². The van der Waals surface area contributed by atoms with Crippen molar-refractivity contribution in [3.8, 4) is 5.75 Å². The molecule has 0 bridgehead atoms. The van der Waals surface area contributed by atoms with Gasteiger partial charge in [-0.3, -0.25) is 0 Å². The summed E-state index contributed by atoms with van der Waals surface area (Å²) in [4.78, 5) is 9.44. The minimum Gasteiger partial charge on any atom is -0.486 e. The summed E-state index contributed by atoms with van der Waals surface area (Å²) in [5, 5.41) is 3.48. The third kappa shape index (κ3) is 2.78. The van der Waals surface area contributed by atoms with Crippen molar-refractivity contribution in [3.63, 3.8) is 0 Å². The normalized spacial score (nSPS) is 18.9. The molecule has 4 nitrogen and oxygen atoms in total.